The third-order valence-electron chi connectivity index (χ3n) is 3.81. The molecule has 3 aromatic rings. The molecule has 0 saturated carbocycles. The lowest BCUT2D eigenvalue weighted by molar-refractivity contribution is 0.620. The van der Waals surface area contributed by atoms with Gasteiger partial charge in [-0.25, -0.2) is 18.7 Å². The molecule has 3 rings (SSSR count). The highest BCUT2D eigenvalue weighted by molar-refractivity contribution is 7.13. The summed E-state index contributed by atoms with van der Waals surface area (Å²) in [6.07, 6.45) is 1.18. The lowest BCUT2D eigenvalue weighted by Gasteiger charge is -2.22. The van der Waals surface area contributed by atoms with E-state index in [1.165, 1.54) is 35.7 Å². The Morgan fingerprint density at radius 1 is 1.07 bits per heavy atom. The fraction of sp³-hybridized carbons (Fsp3) is 0.238. The third-order valence-corrected chi connectivity index (χ3v) is 4.78. The van der Waals surface area contributed by atoms with Crippen LogP contribution in [0.4, 0.5) is 25.4 Å². The average molecular weight is 403 g/mol. The smallest absolute Gasteiger partial charge is 0.189 e. The van der Waals surface area contributed by atoms with Gasteiger partial charge in [0.05, 0.1) is 18.4 Å². The lowest BCUT2D eigenvalue weighted by atomic mass is 10.3. The molecule has 0 N–H and O–H groups in total. The summed E-state index contributed by atoms with van der Waals surface area (Å²) >= 11 is 1.49. The minimum Gasteiger partial charge on any atom is -0.325 e. The number of benzene rings is 1. The molecule has 0 spiro atoms. The molecule has 2 aromatic heterocycles. The van der Waals surface area contributed by atoms with E-state index in [-0.39, 0.29) is 11.6 Å². The Morgan fingerprint density at radius 2 is 1.71 bits per heavy atom. The van der Waals surface area contributed by atoms with E-state index in [0.29, 0.717) is 12.4 Å². The predicted molar refractivity (Wildman–Crippen MR) is 113 cm³/mol. The lowest BCUT2D eigenvalue weighted by Crippen LogP contribution is -2.21. The quantitative estimate of drug-likeness (QED) is 0.495. The van der Waals surface area contributed by atoms with Gasteiger partial charge in [-0.1, -0.05) is 20.4 Å². The van der Waals surface area contributed by atoms with E-state index in [1.807, 2.05) is 43.0 Å². The van der Waals surface area contributed by atoms with E-state index in [9.17, 15) is 8.78 Å². The first-order valence-electron chi connectivity index (χ1n) is 8.92. The Morgan fingerprint density at radius 3 is 2.29 bits per heavy atom. The molecule has 28 heavy (non-hydrogen) atoms. The van der Waals surface area contributed by atoms with Crippen LogP contribution in [0.25, 0.3) is 0 Å². The van der Waals surface area contributed by atoms with Crippen molar-refractivity contribution in [3.05, 3.63) is 77.6 Å². The largest absolute Gasteiger partial charge is 0.325 e. The number of pyridine rings is 1. The number of allylic oxidation sites excluding steroid dienone is 1. The summed E-state index contributed by atoms with van der Waals surface area (Å²) in [4.78, 5) is 12.5. The van der Waals surface area contributed by atoms with Gasteiger partial charge in [0, 0.05) is 23.8 Å². The number of thiazole rings is 1. The summed E-state index contributed by atoms with van der Waals surface area (Å²) in [6, 6.07) is 9.24. The van der Waals surface area contributed by atoms with Gasteiger partial charge < -0.3 is 9.80 Å². The number of nitrogens with zero attached hydrogens (tertiary/aromatic N) is 4. The van der Waals surface area contributed by atoms with Crippen molar-refractivity contribution < 1.29 is 8.78 Å². The van der Waals surface area contributed by atoms with Gasteiger partial charge >= 0.3 is 0 Å². The van der Waals surface area contributed by atoms with Crippen molar-refractivity contribution in [1.82, 2.24) is 9.97 Å². The molecule has 7 heteroatoms. The Balaban J connectivity index is 0.00000136. The van der Waals surface area contributed by atoms with Crippen LogP contribution in [-0.2, 0) is 6.54 Å². The Kier molecular flexibility index (Phi) is 7.63. The van der Waals surface area contributed by atoms with Crippen molar-refractivity contribution in [2.24, 2.45) is 0 Å². The SMILES string of the molecule is C=C(C)N(Cc1csc(N(C)c2ccc(F)cc2)n1)c1ccc(F)cn1.CC. The van der Waals surface area contributed by atoms with Crippen LogP contribution in [0.1, 0.15) is 26.5 Å². The van der Waals surface area contributed by atoms with Crippen LogP contribution >= 0.6 is 11.3 Å². The third kappa shape index (κ3) is 5.36. The first-order valence-corrected chi connectivity index (χ1v) is 9.80. The molecule has 0 fully saturated rings. The summed E-state index contributed by atoms with van der Waals surface area (Å²) in [6.45, 7) is 10.3. The highest BCUT2D eigenvalue weighted by atomic mass is 32.1. The van der Waals surface area contributed by atoms with Crippen molar-refractivity contribution in [2.75, 3.05) is 16.8 Å². The Labute approximate surface area is 168 Å². The topological polar surface area (TPSA) is 32.3 Å². The standard InChI is InChI=1S/C19H18F2N4S.C2H6/c1-13(2)25(18-9-6-15(21)10-22-18)11-16-12-26-19(23-16)24(3)17-7-4-14(20)5-8-17;1-2/h4-10,12H,1,11H2,2-3H3;1-2H3. The van der Waals surface area contributed by atoms with Crippen LogP contribution in [0.2, 0.25) is 0 Å². The maximum atomic E-state index is 13.1. The number of hydrogen-bond donors (Lipinski definition) is 0. The molecule has 0 radical (unpaired) electrons. The number of anilines is 3. The minimum atomic E-state index is -0.382. The van der Waals surface area contributed by atoms with Gasteiger partial charge in [0.25, 0.3) is 0 Å². The fourth-order valence-corrected chi connectivity index (χ4v) is 3.20. The molecule has 0 amide bonds. The van der Waals surface area contributed by atoms with E-state index < -0.39 is 0 Å². The van der Waals surface area contributed by atoms with E-state index in [2.05, 4.69) is 16.5 Å². The van der Waals surface area contributed by atoms with E-state index in [4.69, 9.17) is 0 Å². The first kappa shape index (κ1) is 21.5. The monoisotopic (exact) mass is 402 g/mol. The molecule has 0 saturated heterocycles. The summed E-state index contributed by atoms with van der Waals surface area (Å²) in [7, 11) is 1.88. The zero-order chi connectivity index (χ0) is 20.7. The van der Waals surface area contributed by atoms with Crippen LogP contribution in [0.15, 0.2) is 60.3 Å². The van der Waals surface area contributed by atoms with Crippen molar-refractivity contribution in [1.29, 1.82) is 0 Å². The number of hydrogen-bond acceptors (Lipinski definition) is 5. The molecule has 148 valence electrons. The second kappa shape index (κ2) is 9.94. The van der Waals surface area contributed by atoms with E-state index in [0.717, 1.165) is 22.2 Å². The van der Waals surface area contributed by atoms with Crippen LogP contribution in [-0.4, -0.2) is 17.0 Å². The molecular formula is C21H24F2N4S. The number of rotatable bonds is 6. The molecule has 0 bridgehead atoms. The average Bonchev–Trinajstić information content (AvgIpc) is 3.17. The maximum absolute atomic E-state index is 13.1. The normalized spacial score (nSPS) is 10.1. The Hall–Kier alpha value is -2.80. The van der Waals surface area contributed by atoms with Gasteiger partial charge in [0.2, 0.25) is 0 Å². The molecular weight excluding hydrogens is 378 g/mol. The van der Waals surface area contributed by atoms with Crippen LogP contribution < -0.4 is 9.80 Å². The molecule has 1 aromatic carbocycles. The summed E-state index contributed by atoms with van der Waals surface area (Å²) < 4.78 is 26.2. The van der Waals surface area contributed by atoms with Crippen molar-refractivity contribution in [3.8, 4) is 0 Å². The molecule has 0 unspecified atom stereocenters. The van der Waals surface area contributed by atoms with Gasteiger partial charge in [-0.15, -0.1) is 11.3 Å². The maximum Gasteiger partial charge on any atom is 0.189 e. The van der Waals surface area contributed by atoms with Crippen LogP contribution in [0.5, 0.6) is 0 Å². The van der Waals surface area contributed by atoms with Crippen LogP contribution in [0, 0.1) is 11.6 Å². The molecule has 0 aliphatic rings. The minimum absolute atomic E-state index is 0.272. The van der Waals surface area contributed by atoms with Crippen molar-refractivity contribution in [3.63, 3.8) is 0 Å². The highest BCUT2D eigenvalue weighted by Gasteiger charge is 2.14. The molecule has 2 heterocycles. The van der Waals surface area contributed by atoms with Crippen molar-refractivity contribution >= 4 is 28.0 Å². The fourth-order valence-electron chi connectivity index (χ4n) is 2.40. The van der Waals surface area contributed by atoms with Crippen molar-refractivity contribution in [2.45, 2.75) is 27.3 Å². The van der Waals surface area contributed by atoms with Gasteiger partial charge in [0.1, 0.15) is 17.5 Å². The highest BCUT2D eigenvalue weighted by Crippen LogP contribution is 2.28. The van der Waals surface area contributed by atoms with Crippen LogP contribution in [0.3, 0.4) is 0 Å². The summed E-state index contributed by atoms with van der Waals surface area (Å²) in [5, 5.41) is 2.75. The second-order valence-corrected chi connectivity index (χ2v) is 6.65. The van der Waals surface area contributed by atoms with Gasteiger partial charge in [-0.05, 0) is 43.3 Å². The zero-order valence-corrected chi connectivity index (χ0v) is 17.3. The van der Waals surface area contributed by atoms with E-state index in [1.54, 1.807) is 18.2 Å². The Bertz CT molecular complexity index is 892. The van der Waals surface area contributed by atoms with E-state index >= 15 is 0 Å². The molecule has 0 aliphatic carbocycles. The van der Waals surface area contributed by atoms with Gasteiger partial charge in [0.15, 0.2) is 5.13 Å². The number of halogens is 2. The second-order valence-electron chi connectivity index (χ2n) is 5.81. The van der Waals surface area contributed by atoms with Gasteiger partial charge in [-0.3, -0.25) is 0 Å². The van der Waals surface area contributed by atoms with Gasteiger partial charge in [-0.2, -0.15) is 0 Å². The number of aromatic nitrogens is 2. The molecule has 4 nitrogen and oxygen atoms in total. The summed E-state index contributed by atoms with van der Waals surface area (Å²) in [5.74, 6) is -0.0431. The predicted octanol–water partition coefficient (Wildman–Crippen LogP) is 6.15. The summed E-state index contributed by atoms with van der Waals surface area (Å²) in [5.41, 5.74) is 2.47. The zero-order valence-electron chi connectivity index (χ0n) is 16.5. The first-order chi connectivity index (χ1) is 13.4. The molecule has 0 aliphatic heterocycles. The molecule has 0 atom stereocenters.